The Labute approximate surface area is 108 Å². The summed E-state index contributed by atoms with van der Waals surface area (Å²) in [5, 5.41) is 4.87. The number of nitrogens with zero attached hydrogens (tertiary/aromatic N) is 1. The van der Waals surface area contributed by atoms with Gasteiger partial charge in [0, 0.05) is 17.6 Å². The van der Waals surface area contributed by atoms with Gasteiger partial charge in [0.15, 0.2) is 0 Å². The van der Waals surface area contributed by atoms with Crippen molar-refractivity contribution in [3.63, 3.8) is 0 Å². The molecule has 3 rings (SSSR count). The van der Waals surface area contributed by atoms with Crippen LogP contribution in [0.3, 0.4) is 0 Å². The van der Waals surface area contributed by atoms with Gasteiger partial charge in [-0.3, -0.25) is 4.98 Å². The largest absolute Gasteiger partial charge is 0.314 e. The molecule has 0 amide bonds. The van der Waals surface area contributed by atoms with E-state index in [-0.39, 0.29) is 0 Å². The van der Waals surface area contributed by atoms with Crippen LogP contribution in [0.4, 0.5) is 0 Å². The van der Waals surface area contributed by atoms with Crippen molar-refractivity contribution < 1.29 is 0 Å². The van der Waals surface area contributed by atoms with Crippen LogP contribution in [0.25, 0.3) is 10.9 Å². The summed E-state index contributed by atoms with van der Waals surface area (Å²) in [6.45, 7) is 3.35. The standard InChI is InChI=1S/C16H20N2/c1-12(13-7-8-13)17-11-9-15-5-2-4-14-6-3-10-18-16(14)15/h2-6,10,12-13,17H,7-9,11H2,1H3. The Balaban J connectivity index is 1.66. The quantitative estimate of drug-likeness (QED) is 0.868. The van der Waals surface area contributed by atoms with Crippen molar-refractivity contribution in [1.82, 2.24) is 10.3 Å². The summed E-state index contributed by atoms with van der Waals surface area (Å²) in [5.41, 5.74) is 2.50. The monoisotopic (exact) mass is 240 g/mol. The summed E-state index contributed by atoms with van der Waals surface area (Å²) in [4.78, 5) is 4.50. The van der Waals surface area contributed by atoms with Gasteiger partial charge in [-0.05, 0) is 50.3 Å². The van der Waals surface area contributed by atoms with Gasteiger partial charge in [-0.1, -0.05) is 24.3 Å². The highest BCUT2D eigenvalue weighted by Crippen LogP contribution is 2.32. The molecule has 1 saturated carbocycles. The Kier molecular flexibility index (Phi) is 3.28. The lowest BCUT2D eigenvalue weighted by Gasteiger charge is -2.13. The lowest BCUT2D eigenvalue weighted by Crippen LogP contribution is -2.29. The van der Waals surface area contributed by atoms with Gasteiger partial charge >= 0.3 is 0 Å². The fraction of sp³-hybridized carbons (Fsp3) is 0.438. The molecule has 0 radical (unpaired) electrons. The molecule has 0 spiro atoms. The minimum atomic E-state index is 0.674. The molecule has 2 aromatic rings. The minimum Gasteiger partial charge on any atom is -0.314 e. The van der Waals surface area contributed by atoms with Crippen molar-refractivity contribution in [3.05, 3.63) is 42.1 Å². The van der Waals surface area contributed by atoms with Gasteiger partial charge in [0.1, 0.15) is 0 Å². The van der Waals surface area contributed by atoms with Crippen molar-refractivity contribution in [3.8, 4) is 0 Å². The lowest BCUT2D eigenvalue weighted by molar-refractivity contribution is 0.500. The van der Waals surface area contributed by atoms with Gasteiger partial charge in [0.05, 0.1) is 5.52 Å². The Morgan fingerprint density at radius 1 is 1.28 bits per heavy atom. The molecule has 2 heteroatoms. The minimum absolute atomic E-state index is 0.674. The smallest absolute Gasteiger partial charge is 0.0734 e. The molecule has 1 N–H and O–H groups in total. The summed E-state index contributed by atoms with van der Waals surface area (Å²) < 4.78 is 0. The summed E-state index contributed by atoms with van der Waals surface area (Å²) >= 11 is 0. The second-order valence-electron chi connectivity index (χ2n) is 5.32. The third-order valence-corrected chi connectivity index (χ3v) is 3.91. The van der Waals surface area contributed by atoms with E-state index in [1.54, 1.807) is 0 Å². The summed E-state index contributed by atoms with van der Waals surface area (Å²) in [6, 6.07) is 11.3. The van der Waals surface area contributed by atoms with Crippen LogP contribution in [0.1, 0.15) is 25.3 Å². The SMILES string of the molecule is CC(NCCc1cccc2cccnc12)C1CC1. The highest BCUT2D eigenvalue weighted by atomic mass is 14.9. The maximum atomic E-state index is 4.50. The van der Waals surface area contributed by atoms with E-state index in [1.807, 2.05) is 12.3 Å². The van der Waals surface area contributed by atoms with Crippen LogP contribution >= 0.6 is 0 Å². The average Bonchev–Trinajstić information content (AvgIpc) is 3.23. The first-order valence-corrected chi connectivity index (χ1v) is 6.90. The van der Waals surface area contributed by atoms with Crippen LogP contribution in [0.2, 0.25) is 0 Å². The Hall–Kier alpha value is -1.41. The number of fused-ring (bicyclic) bond motifs is 1. The molecule has 1 heterocycles. The summed E-state index contributed by atoms with van der Waals surface area (Å²) in [7, 11) is 0. The Bertz CT molecular complexity index is 526. The van der Waals surface area contributed by atoms with E-state index in [4.69, 9.17) is 0 Å². The summed E-state index contributed by atoms with van der Waals surface area (Å²) in [5.74, 6) is 0.927. The maximum absolute atomic E-state index is 4.50. The third kappa shape index (κ3) is 2.54. The first kappa shape index (κ1) is 11.7. The van der Waals surface area contributed by atoms with E-state index in [9.17, 15) is 0 Å². The fourth-order valence-corrected chi connectivity index (χ4v) is 2.57. The average molecular weight is 240 g/mol. The van der Waals surface area contributed by atoms with Crippen LogP contribution in [-0.4, -0.2) is 17.6 Å². The van der Waals surface area contributed by atoms with Crippen LogP contribution in [0, 0.1) is 5.92 Å². The third-order valence-electron chi connectivity index (χ3n) is 3.91. The molecule has 2 nitrogen and oxygen atoms in total. The molecule has 1 aromatic heterocycles. The molecule has 1 aliphatic carbocycles. The highest BCUT2D eigenvalue weighted by Gasteiger charge is 2.27. The molecule has 1 unspecified atom stereocenters. The zero-order chi connectivity index (χ0) is 12.4. The van der Waals surface area contributed by atoms with Crippen LogP contribution in [-0.2, 0) is 6.42 Å². The number of benzene rings is 1. The van der Waals surface area contributed by atoms with Gasteiger partial charge in [0.2, 0.25) is 0 Å². The molecule has 0 aliphatic heterocycles. The first-order chi connectivity index (χ1) is 8.84. The van der Waals surface area contributed by atoms with Gasteiger partial charge < -0.3 is 5.32 Å². The molecule has 0 saturated heterocycles. The van der Waals surface area contributed by atoms with Crippen LogP contribution < -0.4 is 5.32 Å². The van der Waals surface area contributed by atoms with Gasteiger partial charge in [-0.25, -0.2) is 0 Å². The van der Waals surface area contributed by atoms with Crippen molar-refractivity contribution in [2.45, 2.75) is 32.2 Å². The second-order valence-corrected chi connectivity index (χ2v) is 5.32. The van der Waals surface area contributed by atoms with E-state index in [0.717, 1.165) is 24.4 Å². The van der Waals surface area contributed by atoms with E-state index in [2.05, 4.69) is 41.5 Å². The molecule has 1 atom stereocenters. The topological polar surface area (TPSA) is 24.9 Å². The molecule has 1 aliphatic rings. The van der Waals surface area contributed by atoms with Crippen LogP contribution in [0.15, 0.2) is 36.5 Å². The summed E-state index contributed by atoms with van der Waals surface area (Å²) in [6.07, 6.45) is 5.76. The van der Waals surface area contributed by atoms with Gasteiger partial charge in [-0.2, -0.15) is 0 Å². The number of pyridine rings is 1. The first-order valence-electron chi connectivity index (χ1n) is 6.90. The number of nitrogens with one attached hydrogen (secondary N) is 1. The number of hydrogen-bond acceptors (Lipinski definition) is 2. The zero-order valence-electron chi connectivity index (χ0n) is 10.9. The fourth-order valence-electron chi connectivity index (χ4n) is 2.57. The van der Waals surface area contributed by atoms with Gasteiger partial charge in [0.25, 0.3) is 0 Å². The predicted molar refractivity (Wildman–Crippen MR) is 75.6 cm³/mol. The molecular weight excluding hydrogens is 220 g/mol. The number of aromatic nitrogens is 1. The zero-order valence-corrected chi connectivity index (χ0v) is 10.9. The highest BCUT2D eigenvalue weighted by molar-refractivity contribution is 5.81. The number of para-hydroxylation sites is 1. The Morgan fingerprint density at radius 3 is 2.94 bits per heavy atom. The predicted octanol–water partition coefficient (Wildman–Crippen LogP) is 3.17. The molecule has 1 fully saturated rings. The lowest BCUT2D eigenvalue weighted by atomic mass is 10.1. The molecular formula is C16H20N2. The van der Waals surface area contributed by atoms with Crippen molar-refractivity contribution in [2.24, 2.45) is 5.92 Å². The van der Waals surface area contributed by atoms with Crippen molar-refractivity contribution in [2.75, 3.05) is 6.54 Å². The molecule has 1 aromatic carbocycles. The van der Waals surface area contributed by atoms with Gasteiger partial charge in [-0.15, -0.1) is 0 Å². The Morgan fingerprint density at radius 2 is 2.11 bits per heavy atom. The molecule has 0 bridgehead atoms. The van der Waals surface area contributed by atoms with E-state index < -0.39 is 0 Å². The number of rotatable bonds is 5. The van der Waals surface area contributed by atoms with Crippen molar-refractivity contribution >= 4 is 10.9 Å². The van der Waals surface area contributed by atoms with Crippen molar-refractivity contribution in [1.29, 1.82) is 0 Å². The number of hydrogen-bond donors (Lipinski definition) is 1. The van der Waals surface area contributed by atoms with Crippen LogP contribution in [0.5, 0.6) is 0 Å². The second kappa shape index (κ2) is 5.07. The molecule has 94 valence electrons. The van der Waals surface area contributed by atoms with E-state index >= 15 is 0 Å². The molecule has 18 heavy (non-hydrogen) atoms. The maximum Gasteiger partial charge on any atom is 0.0734 e. The van der Waals surface area contributed by atoms with E-state index in [0.29, 0.717) is 6.04 Å². The van der Waals surface area contributed by atoms with E-state index in [1.165, 1.54) is 23.8 Å². The normalized spacial score (nSPS) is 16.9.